The molecular formula is C21H16Cl2N2O3. The highest BCUT2D eigenvalue weighted by Crippen LogP contribution is 2.18. The Kier molecular flexibility index (Phi) is 6.53. The molecule has 0 aliphatic rings. The van der Waals surface area contributed by atoms with Gasteiger partial charge in [-0.3, -0.25) is 0 Å². The fraction of sp³-hybridized carbons (Fsp3) is 0.0476. The van der Waals surface area contributed by atoms with Gasteiger partial charge >= 0.3 is 5.97 Å². The molecule has 5 nitrogen and oxygen atoms in total. The summed E-state index contributed by atoms with van der Waals surface area (Å²) in [4.78, 5) is 17.0. The van der Waals surface area contributed by atoms with Crippen LogP contribution >= 0.6 is 23.2 Å². The van der Waals surface area contributed by atoms with Crippen molar-refractivity contribution in [3.8, 4) is 5.75 Å². The second-order valence-electron chi connectivity index (χ2n) is 5.78. The van der Waals surface area contributed by atoms with Crippen LogP contribution in [0.4, 0.5) is 0 Å². The molecule has 3 aromatic rings. The molecule has 0 aliphatic carbocycles. The van der Waals surface area contributed by atoms with Gasteiger partial charge in [0.05, 0.1) is 10.6 Å². The number of carbonyl (C=O) groups is 1. The van der Waals surface area contributed by atoms with Crippen molar-refractivity contribution in [2.45, 2.75) is 6.61 Å². The van der Waals surface area contributed by atoms with E-state index in [0.717, 1.165) is 5.56 Å². The third-order valence-electron chi connectivity index (χ3n) is 3.76. The molecule has 0 atom stereocenters. The van der Waals surface area contributed by atoms with E-state index in [9.17, 15) is 4.79 Å². The Balaban J connectivity index is 1.65. The molecule has 28 heavy (non-hydrogen) atoms. The van der Waals surface area contributed by atoms with E-state index in [1.807, 2.05) is 12.1 Å². The number of oxime groups is 1. The van der Waals surface area contributed by atoms with Crippen molar-refractivity contribution in [3.63, 3.8) is 0 Å². The van der Waals surface area contributed by atoms with Gasteiger partial charge in [0.25, 0.3) is 0 Å². The second-order valence-corrected chi connectivity index (χ2v) is 6.62. The summed E-state index contributed by atoms with van der Waals surface area (Å²) in [5, 5.41) is 4.64. The van der Waals surface area contributed by atoms with E-state index in [1.54, 1.807) is 60.7 Å². The third-order valence-corrected chi connectivity index (χ3v) is 4.34. The Morgan fingerprint density at radius 2 is 1.71 bits per heavy atom. The van der Waals surface area contributed by atoms with E-state index in [4.69, 9.17) is 38.5 Å². The first-order valence-electron chi connectivity index (χ1n) is 8.30. The fourth-order valence-electron chi connectivity index (χ4n) is 2.34. The molecule has 0 fully saturated rings. The van der Waals surface area contributed by atoms with Crippen molar-refractivity contribution in [1.82, 2.24) is 0 Å². The molecule has 142 valence electrons. The van der Waals surface area contributed by atoms with Crippen LogP contribution in [0.15, 0.2) is 78.0 Å². The molecule has 0 unspecified atom stereocenters. The number of amidine groups is 1. The minimum Gasteiger partial charge on any atom is -0.489 e. The largest absolute Gasteiger partial charge is 0.489 e. The maximum Gasteiger partial charge on any atom is 0.367 e. The van der Waals surface area contributed by atoms with Gasteiger partial charge in [0.15, 0.2) is 5.84 Å². The van der Waals surface area contributed by atoms with Crippen LogP contribution < -0.4 is 10.5 Å². The normalized spacial score (nSPS) is 11.1. The Bertz CT molecular complexity index is 1000. The second kappa shape index (κ2) is 9.26. The summed E-state index contributed by atoms with van der Waals surface area (Å²) in [6, 6.07) is 20.9. The SMILES string of the molecule is NC(=NOC(=O)c1ccccc1Cl)c1cccc(COc2ccc(Cl)cc2)c1. The molecule has 3 aromatic carbocycles. The van der Waals surface area contributed by atoms with Crippen LogP contribution in [0.25, 0.3) is 0 Å². The van der Waals surface area contributed by atoms with Gasteiger partial charge < -0.3 is 15.3 Å². The Labute approximate surface area is 172 Å². The summed E-state index contributed by atoms with van der Waals surface area (Å²) in [7, 11) is 0. The molecular weight excluding hydrogens is 399 g/mol. The van der Waals surface area contributed by atoms with E-state index in [2.05, 4.69) is 5.16 Å². The van der Waals surface area contributed by atoms with Crippen LogP contribution in [0.3, 0.4) is 0 Å². The standard InChI is InChI=1S/C21H16Cl2N2O3/c22-16-8-10-17(11-9-16)27-13-14-4-3-5-15(12-14)20(24)25-28-21(26)18-6-1-2-7-19(18)23/h1-12H,13H2,(H2,24,25). The molecule has 0 bridgehead atoms. The number of benzene rings is 3. The van der Waals surface area contributed by atoms with Crippen molar-refractivity contribution in [2.24, 2.45) is 10.9 Å². The van der Waals surface area contributed by atoms with Crippen molar-refractivity contribution >= 4 is 35.0 Å². The zero-order valence-electron chi connectivity index (χ0n) is 14.6. The van der Waals surface area contributed by atoms with E-state index in [0.29, 0.717) is 22.9 Å². The van der Waals surface area contributed by atoms with Gasteiger partial charge in [0.1, 0.15) is 12.4 Å². The fourth-order valence-corrected chi connectivity index (χ4v) is 2.68. The Morgan fingerprint density at radius 1 is 0.964 bits per heavy atom. The lowest BCUT2D eigenvalue weighted by molar-refractivity contribution is 0.0516. The maximum atomic E-state index is 12.1. The topological polar surface area (TPSA) is 73.9 Å². The van der Waals surface area contributed by atoms with Gasteiger partial charge in [-0.25, -0.2) is 4.79 Å². The van der Waals surface area contributed by atoms with Crippen LogP contribution in [0.2, 0.25) is 10.0 Å². The van der Waals surface area contributed by atoms with Gasteiger partial charge in [0, 0.05) is 10.6 Å². The summed E-state index contributed by atoms with van der Waals surface area (Å²) in [5.74, 6) is 0.0784. The molecule has 0 aromatic heterocycles. The lowest BCUT2D eigenvalue weighted by Crippen LogP contribution is -2.15. The molecule has 7 heteroatoms. The van der Waals surface area contributed by atoms with Crippen LogP contribution in [-0.4, -0.2) is 11.8 Å². The minimum absolute atomic E-state index is 0.0637. The highest BCUT2D eigenvalue weighted by Gasteiger charge is 2.12. The zero-order chi connectivity index (χ0) is 19.9. The summed E-state index contributed by atoms with van der Waals surface area (Å²) in [6.45, 7) is 0.335. The Hall–Kier alpha value is -3.02. The predicted molar refractivity (Wildman–Crippen MR) is 110 cm³/mol. The highest BCUT2D eigenvalue weighted by atomic mass is 35.5. The lowest BCUT2D eigenvalue weighted by Gasteiger charge is -2.08. The predicted octanol–water partition coefficient (Wildman–Crippen LogP) is 5.05. The molecule has 0 radical (unpaired) electrons. The zero-order valence-corrected chi connectivity index (χ0v) is 16.2. The average Bonchev–Trinajstić information content (AvgIpc) is 2.72. The first kappa shape index (κ1) is 19.7. The van der Waals surface area contributed by atoms with E-state index in [-0.39, 0.29) is 16.4 Å². The van der Waals surface area contributed by atoms with Crippen molar-refractivity contribution in [1.29, 1.82) is 0 Å². The summed E-state index contributed by atoms with van der Waals surface area (Å²) < 4.78 is 5.71. The van der Waals surface area contributed by atoms with Crippen LogP contribution in [0, 0.1) is 0 Å². The van der Waals surface area contributed by atoms with Gasteiger partial charge in [-0.2, -0.15) is 0 Å². The smallest absolute Gasteiger partial charge is 0.367 e. The van der Waals surface area contributed by atoms with Crippen LogP contribution in [-0.2, 0) is 11.4 Å². The number of rotatable bonds is 6. The van der Waals surface area contributed by atoms with E-state index >= 15 is 0 Å². The van der Waals surface area contributed by atoms with Crippen molar-refractivity contribution in [2.75, 3.05) is 0 Å². The van der Waals surface area contributed by atoms with Crippen LogP contribution in [0.5, 0.6) is 5.75 Å². The maximum absolute atomic E-state index is 12.1. The number of halogens is 2. The van der Waals surface area contributed by atoms with Crippen LogP contribution in [0.1, 0.15) is 21.5 Å². The van der Waals surface area contributed by atoms with E-state index < -0.39 is 5.97 Å². The average molecular weight is 415 g/mol. The highest BCUT2D eigenvalue weighted by molar-refractivity contribution is 6.33. The summed E-state index contributed by atoms with van der Waals surface area (Å²) >= 11 is 11.8. The van der Waals surface area contributed by atoms with Gasteiger partial charge in [-0.15, -0.1) is 0 Å². The quantitative estimate of drug-likeness (QED) is 0.265. The molecule has 0 aliphatic heterocycles. The first-order valence-corrected chi connectivity index (χ1v) is 9.05. The molecule has 0 saturated heterocycles. The molecule has 0 saturated carbocycles. The minimum atomic E-state index is -0.684. The number of ether oxygens (including phenoxy) is 1. The first-order chi connectivity index (χ1) is 13.5. The third kappa shape index (κ3) is 5.25. The van der Waals surface area contributed by atoms with Crippen molar-refractivity contribution < 1.29 is 14.4 Å². The number of hydrogen-bond acceptors (Lipinski definition) is 4. The van der Waals surface area contributed by atoms with E-state index in [1.165, 1.54) is 0 Å². The van der Waals surface area contributed by atoms with Gasteiger partial charge in [-0.05, 0) is 48.0 Å². The monoisotopic (exact) mass is 414 g/mol. The molecule has 2 N–H and O–H groups in total. The Morgan fingerprint density at radius 3 is 2.46 bits per heavy atom. The summed E-state index contributed by atoms with van der Waals surface area (Å²) in [6.07, 6.45) is 0. The number of carbonyl (C=O) groups excluding carboxylic acids is 1. The summed E-state index contributed by atoms with van der Waals surface area (Å²) in [5.41, 5.74) is 7.63. The molecule has 0 heterocycles. The van der Waals surface area contributed by atoms with Crippen molar-refractivity contribution in [3.05, 3.63) is 99.5 Å². The number of nitrogens with zero attached hydrogens (tertiary/aromatic N) is 1. The molecule has 0 spiro atoms. The lowest BCUT2D eigenvalue weighted by atomic mass is 10.1. The number of nitrogens with two attached hydrogens (primary N) is 1. The number of hydrogen-bond donors (Lipinski definition) is 1. The molecule has 3 rings (SSSR count). The molecule has 0 amide bonds. The van der Waals surface area contributed by atoms with Gasteiger partial charge in [-0.1, -0.05) is 58.7 Å². The van der Waals surface area contributed by atoms with Gasteiger partial charge in [0.2, 0.25) is 0 Å².